The zero-order valence-corrected chi connectivity index (χ0v) is 8.91. The van der Waals surface area contributed by atoms with Gasteiger partial charge in [-0.1, -0.05) is 13.8 Å². The summed E-state index contributed by atoms with van der Waals surface area (Å²) in [7, 11) is 0. The number of carbonyl (C=O) groups is 1. The minimum Gasteiger partial charge on any atom is -0.385 e. The number of rotatable bonds is 6. The first-order valence-corrected chi connectivity index (χ1v) is 4.84. The van der Waals surface area contributed by atoms with E-state index in [0.717, 1.165) is 0 Å². The van der Waals surface area contributed by atoms with Gasteiger partial charge in [0.25, 0.3) is 6.43 Å². The highest BCUT2D eigenvalue weighted by Crippen LogP contribution is 2.03. The van der Waals surface area contributed by atoms with Crippen molar-refractivity contribution in [3.8, 4) is 0 Å². The third-order valence-electron chi connectivity index (χ3n) is 1.84. The third kappa shape index (κ3) is 6.35. The molecule has 90 valence electrons. The van der Waals surface area contributed by atoms with Gasteiger partial charge in [0.15, 0.2) is 0 Å². The van der Waals surface area contributed by atoms with E-state index >= 15 is 0 Å². The summed E-state index contributed by atoms with van der Waals surface area (Å²) < 4.78 is 23.7. The summed E-state index contributed by atoms with van der Waals surface area (Å²) in [5.41, 5.74) is 5.50. The first-order valence-electron chi connectivity index (χ1n) is 4.84. The average Bonchev–Trinajstić information content (AvgIpc) is 2.12. The van der Waals surface area contributed by atoms with Crippen LogP contribution in [0.2, 0.25) is 0 Å². The van der Waals surface area contributed by atoms with Crippen molar-refractivity contribution in [3.63, 3.8) is 0 Å². The second-order valence-corrected chi connectivity index (χ2v) is 3.88. The molecule has 0 spiro atoms. The van der Waals surface area contributed by atoms with Crippen molar-refractivity contribution >= 4 is 5.91 Å². The van der Waals surface area contributed by atoms with Crippen molar-refractivity contribution in [2.75, 3.05) is 6.54 Å². The number of aliphatic hydroxyl groups excluding tert-OH is 1. The van der Waals surface area contributed by atoms with Gasteiger partial charge in [-0.05, 0) is 12.3 Å². The molecule has 0 aromatic heterocycles. The highest BCUT2D eigenvalue weighted by Gasteiger charge is 2.20. The summed E-state index contributed by atoms with van der Waals surface area (Å²) in [5.74, 6) is -0.255. The Balaban J connectivity index is 3.83. The Morgan fingerprint density at radius 3 is 2.40 bits per heavy atom. The number of amides is 1. The van der Waals surface area contributed by atoms with Gasteiger partial charge in [0.05, 0.1) is 6.04 Å². The molecule has 0 heterocycles. The molecule has 1 unspecified atom stereocenters. The molecule has 15 heavy (non-hydrogen) atoms. The van der Waals surface area contributed by atoms with Gasteiger partial charge in [-0.25, -0.2) is 8.78 Å². The summed E-state index contributed by atoms with van der Waals surface area (Å²) in [6.45, 7) is 3.34. The largest absolute Gasteiger partial charge is 0.385 e. The number of hydrogen-bond donors (Lipinski definition) is 3. The van der Waals surface area contributed by atoms with E-state index in [1.54, 1.807) is 0 Å². The molecular formula is C9H18F2N2O2. The zero-order valence-electron chi connectivity index (χ0n) is 8.91. The van der Waals surface area contributed by atoms with Crippen LogP contribution in [0.25, 0.3) is 0 Å². The predicted octanol–water partition coefficient (Wildman–Crippen LogP) is 0.102. The van der Waals surface area contributed by atoms with Gasteiger partial charge in [0.1, 0.15) is 6.10 Å². The topological polar surface area (TPSA) is 75.4 Å². The molecule has 0 aromatic rings. The number of alkyl halides is 2. The molecular weight excluding hydrogens is 206 g/mol. The fraction of sp³-hybridized carbons (Fsp3) is 0.889. The summed E-state index contributed by atoms with van der Waals surface area (Å²) >= 11 is 0. The lowest BCUT2D eigenvalue weighted by Gasteiger charge is -2.15. The highest BCUT2D eigenvalue weighted by atomic mass is 19.3. The lowest BCUT2D eigenvalue weighted by Crippen LogP contribution is -2.45. The van der Waals surface area contributed by atoms with Crippen molar-refractivity contribution in [1.82, 2.24) is 5.32 Å². The van der Waals surface area contributed by atoms with Crippen LogP contribution in [-0.2, 0) is 4.79 Å². The van der Waals surface area contributed by atoms with Crippen LogP contribution >= 0.6 is 0 Å². The monoisotopic (exact) mass is 224 g/mol. The molecule has 2 atom stereocenters. The normalized spacial score (nSPS) is 15.5. The van der Waals surface area contributed by atoms with Gasteiger partial charge in [0, 0.05) is 6.54 Å². The lowest BCUT2D eigenvalue weighted by atomic mass is 10.0. The molecule has 0 radical (unpaired) electrons. The number of nitrogens with two attached hydrogens (primary N) is 1. The van der Waals surface area contributed by atoms with Crippen LogP contribution in [-0.4, -0.2) is 36.1 Å². The van der Waals surface area contributed by atoms with E-state index in [0.29, 0.717) is 6.42 Å². The Morgan fingerprint density at radius 1 is 1.47 bits per heavy atom. The van der Waals surface area contributed by atoms with Crippen LogP contribution in [0, 0.1) is 5.92 Å². The zero-order chi connectivity index (χ0) is 12.0. The summed E-state index contributed by atoms with van der Waals surface area (Å²) in [6, 6.07) is -0.713. The molecule has 0 saturated heterocycles. The Bertz CT molecular complexity index is 201. The molecule has 0 aliphatic rings. The minimum atomic E-state index is -2.85. The van der Waals surface area contributed by atoms with Crippen molar-refractivity contribution in [1.29, 1.82) is 0 Å². The maximum Gasteiger partial charge on any atom is 0.265 e. The number of aliphatic hydroxyl groups is 1. The second kappa shape index (κ2) is 6.68. The smallest absolute Gasteiger partial charge is 0.265 e. The maximum atomic E-state index is 11.9. The summed E-state index contributed by atoms with van der Waals surface area (Å²) in [6.07, 6.45) is -4.21. The quantitative estimate of drug-likeness (QED) is 0.599. The fourth-order valence-corrected chi connectivity index (χ4v) is 1.04. The fourth-order valence-electron chi connectivity index (χ4n) is 1.04. The van der Waals surface area contributed by atoms with E-state index in [2.05, 4.69) is 5.32 Å². The van der Waals surface area contributed by atoms with E-state index in [-0.39, 0.29) is 5.92 Å². The van der Waals surface area contributed by atoms with Crippen LogP contribution < -0.4 is 11.1 Å². The molecule has 0 saturated carbocycles. The Labute approximate surface area is 87.8 Å². The number of carbonyl (C=O) groups excluding carboxylic acids is 1. The molecule has 1 amide bonds. The van der Waals surface area contributed by atoms with Gasteiger partial charge in [-0.3, -0.25) is 4.79 Å². The SMILES string of the molecule is CC(C)C[C@@H](N)C(=O)NCC(O)C(F)F. The number of hydrogen-bond acceptors (Lipinski definition) is 3. The molecule has 0 bridgehead atoms. The molecule has 0 aliphatic heterocycles. The minimum absolute atomic E-state index is 0.255. The first-order chi connectivity index (χ1) is 6.84. The third-order valence-corrected chi connectivity index (χ3v) is 1.84. The number of nitrogens with one attached hydrogen (secondary N) is 1. The molecule has 6 heteroatoms. The van der Waals surface area contributed by atoms with E-state index in [4.69, 9.17) is 10.8 Å². The first kappa shape index (κ1) is 14.2. The Hall–Kier alpha value is -0.750. The average molecular weight is 224 g/mol. The number of halogens is 2. The van der Waals surface area contributed by atoms with Crippen LogP contribution in [0.3, 0.4) is 0 Å². The standard InChI is InChI=1S/C9H18F2N2O2/c1-5(2)3-6(12)9(15)13-4-7(14)8(10)11/h5-8,14H,3-4,12H2,1-2H3,(H,13,15)/t6-,7?/m1/s1. The van der Waals surface area contributed by atoms with Gasteiger partial charge in [0.2, 0.25) is 5.91 Å². The van der Waals surface area contributed by atoms with Crippen LogP contribution in [0.15, 0.2) is 0 Å². The Kier molecular flexibility index (Phi) is 6.35. The summed E-state index contributed by atoms with van der Waals surface area (Å²) in [5, 5.41) is 10.9. The van der Waals surface area contributed by atoms with Crippen LogP contribution in [0.1, 0.15) is 20.3 Å². The molecule has 0 aromatic carbocycles. The van der Waals surface area contributed by atoms with Gasteiger partial charge in [-0.15, -0.1) is 0 Å². The second-order valence-electron chi connectivity index (χ2n) is 3.88. The van der Waals surface area contributed by atoms with Crippen LogP contribution in [0.5, 0.6) is 0 Å². The van der Waals surface area contributed by atoms with E-state index in [1.165, 1.54) is 0 Å². The summed E-state index contributed by atoms with van der Waals surface area (Å²) in [4.78, 5) is 11.2. The van der Waals surface area contributed by atoms with E-state index in [1.807, 2.05) is 13.8 Å². The molecule has 0 rings (SSSR count). The van der Waals surface area contributed by atoms with E-state index in [9.17, 15) is 13.6 Å². The van der Waals surface area contributed by atoms with Crippen LogP contribution in [0.4, 0.5) is 8.78 Å². The predicted molar refractivity (Wildman–Crippen MR) is 52.5 cm³/mol. The van der Waals surface area contributed by atoms with Crippen molar-refractivity contribution < 1.29 is 18.7 Å². The van der Waals surface area contributed by atoms with Crippen molar-refractivity contribution in [2.24, 2.45) is 11.7 Å². The molecule has 4 nitrogen and oxygen atoms in total. The van der Waals surface area contributed by atoms with Crippen molar-refractivity contribution in [2.45, 2.75) is 38.8 Å². The van der Waals surface area contributed by atoms with Crippen molar-refractivity contribution in [3.05, 3.63) is 0 Å². The molecule has 0 fully saturated rings. The van der Waals surface area contributed by atoms with Gasteiger partial charge in [-0.2, -0.15) is 0 Å². The molecule has 4 N–H and O–H groups in total. The van der Waals surface area contributed by atoms with E-state index < -0.39 is 31.0 Å². The Morgan fingerprint density at radius 2 is 2.00 bits per heavy atom. The maximum absolute atomic E-state index is 11.9. The highest BCUT2D eigenvalue weighted by molar-refractivity contribution is 5.81. The lowest BCUT2D eigenvalue weighted by molar-refractivity contribution is -0.123. The van der Waals surface area contributed by atoms with Gasteiger partial charge < -0.3 is 16.2 Å². The van der Waals surface area contributed by atoms with Gasteiger partial charge >= 0.3 is 0 Å². The molecule has 0 aliphatic carbocycles.